The summed E-state index contributed by atoms with van der Waals surface area (Å²) in [6.07, 6.45) is 0.380. The Labute approximate surface area is 90.1 Å². The maximum atomic E-state index is 10.9. The van der Waals surface area contributed by atoms with Gasteiger partial charge < -0.3 is 14.7 Å². The van der Waals surface area contributed by atoms with Crippen LogP contribution >= 0.6 is 16.3 Å². The number of hydrogen-bond donors (Lipinski definition) is 2. The van der Waals surface area contributed by atoms with Crippen LogP contribution in [0.2, 0.25) is 0 Å². The largest absolute Gasteiger partial charge is 0.508 e. The minimum absolute atomic E-state index is 0.186. The molecule has 0 saturated heterocycles. The quantitative estimate of drug-likeness (QED) is 0.854. The fraction of sp³-hybridized carbons (Fsp3) is 0.222. The van der Waals surface area contributed by atoms with E-state index in [1.807, 2.05) is 0 Å². The van der Waals surface area contributed by atoms with Gasteiger partial charge in [-0.2, -0.15) is 0 Å². The van der Waals surface area contributed by atoms with Crippen molar-refractivity contribution in [3.8, 4) is 5.75 Å². The SMILES string of the molecule is N[C@@H](Cc1ccc(O)cc1)C(=O)OBr. The van der Waals surface area contributed by atoms with Crippen molar-refractivity contribution in [2.24, 2.45) is 5.73 Å². The van der Waals surface area contributed by atoms with Crippen LogP contribution in [0.1, 0.15) is 5.56 Å². The summed E-state index contributed by atoms with van der Waals surface area (Å²) in [6.45, 7) is 0. The third-order valence-electron chi connectivity index (χ3n) is 1.77. The highest BCUT2D eigenvalue weighted by Gasteiger charge is 2.14. The first kappa shape index (κ1) is 11.0. The van der Waals surface area contributed by atoms with Gasteiger partial charge in [-0.25, -0.2) is 4.79 Å². The van der Waals surface area contributed by atoms with Crippen LogP contribution in [0.15, 0.2) is 24.3 Å². The fourth-order valence-electron chi connectivity index (χ4n) is 1.03. The smallest absolute Gasteiger partial charge is 0.334 e. The van der Waals surface area contributed by atoms with Crippen molar-refractivity contribution < 1.29 is 13.7 Å². The number of phenolic OH excluding ortho intramolecular Hbond substituents is 1. The molecule has 0 bridgehead atoms. The minimum atomic E-state index is -0.695. The summed E-state index contributed by atoms with van der Waals surface area (Å²) in [7, 11) is 0. The zero-order valence-corrected chi connectivity index (χ0v) is 8.90. The molecule has 1 aromatic carbocycles. The molecule has 3 N–H and O–H groups in total. The Morgan fingerprint density at radius 3 is 2.57 bits per heavy atom. The maximum Gasteiger partial charge on any atom is 0.334 e. The average Bonchev–Trinajstić information content (AvgIpc) is 2.20. The molecule has 5 heteroatoms. The molecule has 0 fully saturated rings. The highest BCUT2D eigenvalue weighted by molar-refractivity contribution is 9.06. The molecule has 1 rings (SSSR count). The fourth-order valence-corrected chi connectivity index (χ4v) is 1.27. The van der Waals surface area contributed by atoms with Gasteiger partial charge in [-0.05, 0) is 24.1 Å². The van der Waals surface area contributed by atoms with Crippen LogP contribution in [0.4, 0.5) is 0 Å². The first-order valence-electron chi connectivity index (χ1n) is 3.99. The molecule has 0 aromatic heterocycles. The number of carbonyl (C=O) groups is 1. The molecule has 1 atom stereocenters. The Bertz CT molecular complexity index is 312. The van der Waals surface area contributed by atoms with Crippen molar-refractivity contribution in [2.45, 2.75) is 12.5 Å². The van der Waals surface area contributed by atoms with Crippen LogP contribution < -0.4 is 5.73 Å². The summed E-state index contributed by atoms with van der Waals surface area (Å²) in [4.78, 5) is 10.9. The number of halogens is 1. The monoisotopic (exact) mass is 259 g/mol. The van der Waals surface area contributed by atoms with Crippen molar-refractivity contribution in [1.82, 2.24) is 0 Å². The molecular formula is C9H10BrNO3. The number of benzene rings is 1. The van der Waals surface area contributed by atoms with E-state index >= 15 is 0 Å². The maximum absolute atomic E-state index is 10.9. The molecular weight excluding hydrogens is 250 g/mol. The van der Waals surface area contributed by atoms with Crippen LogP contribution in [-0.4, -0.2) is 17.1 Å². The number of phenols is 1. The van der Waals surface area contributed by atoms with Crippen LogP contribution in [0.3, 0.4) is 0 Å². The van der Waals surface area contributed by atoms with Gasteiger partial charge in [0, 0.05) is 0 Å². The van der Waals surface area contributed by atoms with Crippen LogP contribution in [0.25, 0.3) is 0 Å². The summed E-state index contributed by atoms with van der Waals surface area (Å²) >= 11 is 2.57. The second-order valence-corrected chi connectivity index (χ2v) is 3.20. The molecule has 0 unspecified atom stereocenters. The van der Waals surface area contributed by atoms with Crippen molar-refractivity contribution in [1.29, 1.82) is 0 Å². The summed E-state index contributed by atoms with van der Waals surface area (Å²) in [5.41, 5.74) is 6.40. The number of hydrogen-bond acceptors (Lipinski definition) is 4. The molecule has 0 saturated carbocycles. The Hall–Kier alpha value is -1.07. The normalized spacial score (nSPS) is 12.1. The van der Waals surface area contributed by atoms with Crippen molar-refractivity contribution >= 4 is 22.2 Å². The first-order valence-corrected chi connectivity index (χ1v) is 4.64. The van der Waals surface area contributed by atoms with Gasteiger partial charge in [0.15, 0.2) is 16.3 Å². The lowest BCUT2D eigenvalue weighted by atomic mass is 10.1. The van der Waals surface area contributed by atoms with Gasteiger partial charge >= 0.3 is 5.97 Å². The lowest BCUT2D eigenvalue weighted by Crippen LogP contribution is -2.32. The summed E-state index contributed by atoms with van der Waals surface area (Å²) < 4.78 is 4.31. The molecule has 1 aromatic rings. The zero-order valence-electron chi connectivity index (χ0n) is 7.31. The number of rotatable bonds is 3. The predicted octanol–water partition coefficient (Wildman–Crippen LogP) is 1.12. The second kappa shape index (κ2) is 4.97. The van der Waals surface area contributed by atoms with Crippen LogP contribution in [0, 0.1) is 0 Å². The van der Waals surface area contributed by atoms with Crippen LogP contribution in [0.5, 0.6) is 5.75 Å². The summed E-state index contributed by atoms with van der Waals surface area (Å²) in [6, 6.07) is 5.80. The molecule has 0 amide bonds. The molecule has 0 aliphatic rings. The molecule has 76 valence electrons. The highest BCUT2D eigenvalue weighted by Crippen LogP contribution is 2.11. The van der Waals surface area contributed by atoms with Gasteiger partial charge in [-0.1, -0.05) is 12.1 Å². The summed E-state index contributed by atoms with van der Waals surface area (Å²) in [5, 5.41) is 9.02. The Kier molecular flexibility index (Phi) is 3.91. The zero-order chi connectivity index (χ0) is 10.6. The average molecular weight is 260 g/mol. The van der Waals surface area contributed by atoms with Gasteiger partial charge in [0.25, 0.3) is 0 Å². The van der Waals surface area contributed by atoms with E-state index < -0.39 is 12.0 Å². The second-order valence-electron chi connectivity index (χ2n) is 2.87. The van der Waals surface area contributed by atoms with E-state index in [4.69, 9.17) is 10.8 Å². The van der Waals surface area contributed by atoms with Crippen molar-refractivity contribution in [2.75, 3.05) is 0 Å². The molecule has 0 heterocycles. The van der Waals surface area contributed by atoms with E-state index in [0.717, 1.165) is 5.56 Å². The standard InChI is InChI=1S/C9H10BrNO3/c10-14-9(13)8(11)5-6-1-3-7(12)4-2-6/h1-4,8,12H,5,11H2/t8-/m0/s1. The molecule has 0 aliphatic heterocycles. The van der Waals surface area contributed by atoms with Gasteiger partial charge in [0.05, 0.1) is 0 Å². The lowest BCUT2D eigenvalue weighted by molar-refractivity contribution is -0.133. The Balaban J connectivity index is 2.60. The van der Waals surface area contributed by atoms with Gasteiger partial charge in [0.1, 0.15) is 11.8 Å². The van der Waals surface area contributed by atoms with E-state index in [1.165, 1.54) is 0 Å². The van der Waals surface area contributed by atoms with Gasteiger partial charge in [-0.3, -0.25) is 0 Å². The third-order valence-corrected chi connectivity index (χ3v) is 2.09. The van der Waals surface area contributed by atoms with E-state index in [0.29, 0.717) is 6.42 Å². The number of aromatic hydroxyl groups is 1. The van der Waals surface area contributed by atoms with E-state index in [2.05, 4.69) is 20.1 Å². The topological polar surface area (TPSA) is 72.5 Å². The van der Waals surface area contributed by atoms with E-state index in [1.54, 1.807) is 24.3 Å². The van der Waals surface area contributed by atoms with Crippen molar-refractivity contribution in [3.05, 3.63) is 29.8 Å². The molecule has 0 aliphatic carbocycles. The first-order chi connectivity index (χ1) is 6.63. The van der Waals surface area contributed by atoms with Gasteiger partial charge in [0.2, 0.25) is 0 Å². The third kappa shape index (κ3) is 3.01. The van der Waals surface area contributed by atoms with Crippen LogP contribution in [-0.2, 0) is 15.0 Å². The van der Waals surface area contributed by atoms with Crippen molar-refractivity contribution in [3.63, 3.8) is 0 Å². The summed E-state index contributed by atoms with van der Waals surface area (Å²) in [5.74, 6) is -0.330. The van der Waals surface area contributed by atoms with Gasteiger partial charge in [-0.15, -0.1) is 0 Å². The van der Waals surface area contributed by atoms with E-state index in [9.17, 15) is 4.79 Å². The molecule has 4 nitrogen and oxygen atoms in total. The number of carbonyl (C=O) groups excluding carboxylic acids is 1. The Morgan fingerprint density at radius 1 is 1.50 bits per heavy atom. The minimum Gasteiger partial charge on any atom is -0.508 e. The molecule has 14 heavy (non-hydrogen) atoms. The lowest BCUT2D eigenvalue weighted by Gasteiger charge is -2.07. The Morgan fingerprint density at radius 2 is 2.07 bits per heavy atom. The molecule has 0 radical (unpaired) electrons. The molecule has 0 spiro atoms. The predicted molar refractivity (Wildman–Crippen MR) is 54.8 cm³/mol. The number of nitrogens with two attached hydrogens (primary N) is 1. The van der Waals surface area contributed by atoms with E-state index in [-0.39, 0.29) is 5.75 Å². The highest BCUT2D eigenvalue weighted by atomic mass is 79.9.